The van der Waals surface area contributed by atoms with Gasteiger partial charge in [0, 0.05) is 13.5 Å². The Morgan fingerprint density at radius 1 is 1.50 bits per heavy atom. The standard InChI is InChI=1S/C12H22N4/c1-10-3-5-12(8-13,6-4-10)7-11-14-9-15-16(11)2/h9-10H,3-8,13H2,1-2H3. The summed E-state index contributed by atoms with van der Waals surface area (Å²) in [4.78, 5) is 4.32. The van der Waals surface area contributed by atoms with Crippen molar-refractivity contribution >= 4 is 0 Å². The van der Waals surface area contributed by atoms with E-state index in [2.05, 4.69) is 17.0 Å². The zero-order valence-electron chi connectivity index (χ0n) is 10.3. The zero-order chi connectivity index (χ0) is 11.6. The van der Waals surface area contributed by atoms with Crippen molar-refractivity contribution in [2.75, 3.05) is 6.54 Å². The van der Waals surface area contributed by atoms with Crippen LogP contribution in [0.25, 0.3) is 0 Å². The van der Waals surface area contributed by atoms with E-state index >= 15 is 0 Å². The van der Waals surface area contributed by atoms with E-state index in [1.165, 1.54) is 25.7 Å². The van der Waals surface area contributed by atoms with Gasteiger partial charge in [0.25, 0.3) is 0 Å². The molecule has 1 aromatic heterocycles. The van der Waals surface area contributed by atoms with E-state index in [1.54, 1.807) is 6.33 Å². The third-order valence-electron chi connectivity index (χ3n) is 4.11. The lowest BCUT2D eigenvalue weighted by Gasteiger charge is -2.38. The first-order valence-corrected chi connectivity index (χ1v) is 6.18. The highest BCUT2D eigenvalue weighted by Crippen LogP contribution is 2.40. The van der Waals surface area contributed by atoms with Crippen LogP contribution in [-0.4, -0.2) is 21.3 Å². The van der Waals surface area contributed by atoms with Gasteiger partial charge in [0.15, 0.2) is 0 Å². The molecule has 1 aliphatic carbocycles. The second kappa shape index (κ2) is 4.53. The lowest BCUT2D eigenvalue weighted by atomic mass is 9.69. The van der Waals surface area contributed by atoms with Gasteiger partial charge in [-0.1, -0.05) is 19.8 Å². The summed E-state index contributed by atoms with van der Waals surface area (Å²) in [5.41, 5.74) is 6.26. The van der Waals surface area contributed by atoms with E-state index in [9.17, 15) is 0 Å². The van der Waals surface area contributed by atoms with Crippen molar-refractivity contribution in [2.45, 2.75) is 39.0 Å². The molecule has 0 aliphatic heterocycles. The molecule has 1 aliphatic rings. The average molecular weight is 222 g/mol. The molecule has 0 radical (unpaired) electrons. The van der Waals surface area contributed by atoms with Crippen molar-refractivity contribution in [2.24, 2.45) is 24.1 Å². The van der Waals surface area contributed by atoms with Gasteiger partial charge >= 0.3 is 0 Å². The Bertz CT molecular complexity index is 337. The number of rotatable bonds is 3. The minimum absolute atomic E-state index is 0.271. The molecule has 2 rings (SSSR count). The first-order valence-electron chi connectivity index (χ1n) is 6.18. The van der Waals surface area contributed by atoms with E-state index in [1.807, 2.05) is 11.7 Å². The van der Waals surface area contributed by atoms with Crippen LogP contribution in [0.5, 0.6) is 0 Å². The van der Waals surface area contributed by atoms with Crippen LogP contribution in [0.15, 0.2) is 6.33 Å². The fourth-order valence-electron chi connectivity index (χ4n) is 2.64. The number of aryl methyl sites for hydroxylation is 1. The number of nitrogens with zero attached hydrogens (tertiary/aromatic N) is 3. The van der Waals surface area contributed by atoms with Crippen LogP contribution in [0.2, 0.25) is 0 Å². The smallest absolute Gasteiger partial charge is 0.138 e. The zero-order valence-corrected chi connectivity index (χ0v) is 10.3. The van der Waals surface area contributed by atoms with Gasteiger partial charge in [-0.2, -0.15) is 5.10 Å². The Hall–Kier alpha value is -0.900. The summed E-state index contributed by atoms with van der Waals surface area (Å²) in [6, 6.07) is 0. The molecule has 0 spiro atoms. The molecule has 1 aromatic rings. The lowest BCUT2D eigenvalue weighted by molar-refractivity contribution is 0.159. The second-order valence-corrected chi connectivity index (χ2v) is 5.36. The second-order valence-electron chi connectivity index (χ2n) is 5.36. The van der Waals surface area contributed by atoms with Gasteiger partial charge in [0.1, 0.15) is 12.2 Å². The first-order chi connectivity index (χ1) is 7.65. The Morgan fingerprint density at radius 2 is 2.19 bits per heavy atom. The highest BCUT2D eigenvalue weighted by molar-refractivity contribution is 4.96. The van der Waals surface area contributed by atoms with Crippen LogP contribution < -0.4 is 5.73 Å². The summed E-state index contributed by atoms with van der Waals surface area (Å²) >= 11 is 0. The predicted octanol–water partition coefficient (Wildman–Crippen LogP) is 1.51. The Kier molecular flexibility index (Phi) is 3.28. The van der Waals surface area contributed by atoms with E-state index in [0.29, 0.717) is 0 Å². The summed E-state index contributed by atoms with van der Waals surface area (Å²) in [6.45, 7) is 3.11. The number of nitrogens with two attached hydrogens (primary N) is 1. The highest BCUT2D eigenvalue weighted by Gasteiger charge is 2.34. The minimum atomic E-state index is 0.271. The molecular weight excluding hydrogens is 200 g/mol. The molecule has 2 N–H and O–H groups in total. The maximum Gasteiger partial charge on any atom is 0.138 e. The van der Waals surface area contributed by atoms with Gasteiger partial charge in [0.05, 0.1) is 0 Å². The van der Waals surface area contributed by atoms with Crippen LogP contribution in [0.3, 0.4) is 0 Å². The third kappa shape index (κ3) is 2.26. The number of hydrogen-bond acceptors (Lipinski definition) is 3. The highest BCUT2D eigenvalue weighted by atomic mass is 15.3. The molecular formula is C12H22N4. The molecule has 0 unspecified atom stereocenters. The van der Waals surface area contributed by atoms with Crippen molar-refractivity contribution < 1.29 is 0 Å². The SMILES string of the molecule is CC1CCC(CN)(Cc2ncnn2C)CC1. The van der Waals surface area contributed by atoms with E-state index in [4.69, 9.17) is 5.73 Å². The van der Waals surface area contributed by atoms with E-state index in [-0.39, 0.29) is 5.41 Å². The molecule has 4 heteroatoms. The van der Waals surface area contributed by atoms with Crippen molar-refractivity contribution in [1.29, 1.82) is 0 Å². The van der Waals surface area contributed by atoms with Gasteiger partial charge in [-0.15, -0.1) is 0 Å². The number of aromatic nitrogens is 3. The van der Waals surface area contributed by atoms with Crippen LogP contribution in [-0.2, 0) is 13.5 Å². The van der Waals surface area contributed by atoms with E-state index in [0.717, 1.165) is 24.7 Å². The summed E-state index contributed by atoms with van der Waals surface area (Å²) < 4.78 is 1.87. The molecule has 1 fully saturated rings. The van der Waals surface area contributed by atoms with Gasteiger partial charge in [-0.3, -0.25) is 4.68 Å². The van der Waals surface area contributed by atoms with Crippen LogP contribution in [0, 0.1) is 11.3 Å². The summed E-state index contributed by atoms with van der Waals surface area (Å²) in [5.74, 6) is 1.93. The normalized spacial score (nSPS) is 30.6. The molecule has 0 saturated heterocycles. The fourth-order valence-corrected chi connectivity index (χ4v) is 2.64. The number of hydrogen-bond donors (Lipinski definition) is 1. The van der Waals surface area contributed by atoms with Gasteiger partial charge in [-0.05, 0) is 30.7 Å². The van der Waals surface area contributed by atoms with Crippen LogP contribution in [0.4, 0.5) is 0 Å². The molecule has 0 aromatic carbocycles. The van der Waals surface area contributed by atoms with Crippen molar-refractivity contribution in [3.05, 3.63) is 12.2 Å². The topological polar surface area (TPSA) is 56.7 Å². The lowest BCUT2D eigenvalue weighted by Crippen LogP contribution is -2.37. The molecule has 1 saturated carbocycles. The molecule has 0 amide bonds. The summed E-state index contributed by atoms with van der Waals surface area (Å²) in [5, 5.41) is 4.13. The van der Waals surface area contributed by atoms with Crippen molar-refractivity contribution in [3.8, 4) is 0 Å². The predicted molar refractivity (Wildman–Crippen MR) is 63.8 cm³/mol. The Morgan fingerprint density at radius 3 is 2.69 bits per heavy atom. The van der Waals surface area contributed by atoms with Crippen molar-refractivity contribution in [3.63, 3.8) is 0 Å². The quantitative estimate of drug-likeness (QED) is 0.843. The van der Waals surface area contributed by atoms with Gasteiger partial charge in [0.2, 0.25) is 0 Å². The maximum absolute atomic E-state index is 5.99. The Balaban J connectivity index is 2.08. The third-order valence-corrected chi connectivity index (χ3v) is 4.11. The monoisotopic (exact) mass is 222 g/mol. The van der Waals surface area contributed by atoms with Gasteiger partial charge < -0.3 is 5.73 Å². The molecule has 90 valence electrons. The van der Waals surface area contributed by atoms with Crippen LogP contribution in [0.1, 0.15) is 38.4 Å². The largest absolute Gasteiger partial charge is 0.330 e. The fraction of sp³-hybridized carbons (Fsp3) is 0.833. The molecule has 4 nitrogen and oxygen atoms in total. The van der Waals surface area contributed by atoms with E-state index < -0.39 is 0 Å². The minimum Gasteiger partial charge on any atom is -0.330 e. The summed E-state index contributed by atoms with van der Waals surface area (Å²) in [7, 11) is 1.96. The Labute approximate surface area is 97.2 Å². The molecule has 0 atom stereocenters. The molecule has 0 bridgehead atoms. The maximum atomic E-state index is 5.99. The first kappa shape index (κ1) is 11.6. The average Bonchev–Trinajstić information content (AvgIpc) is 2.68. The summed E-state index contributed by atoms with van der Waals surface area (Å²) in [6.07, 6.45) is 7.68. The van der Waals surface area contributed by atoms with Gasteiger partial charge in [-0.25, -0.2) is 4.98 Å². The van der Waals surface area contributed by atoms with Crippen LogP contribution >= 0.6 is 0 Å². The molecule has 16 heavy (non-hydrogen) atoms. The molecule has 1 heterocycles. The van der Waals surface area contributed by atoms with Crippen molar-refractivity contribution in [1.82, 2.24) is 14.8 Å².